The van der Waals surface area contributed by atoms with Gasteiger partial charge in [0.25, 0.3) is 0 Å². The molecule has 1 fully saturated rings. The maximum atomic E-state index is 5.73. The largest absolute Gasteiger partial charge is 0.493 e. The van der Waals surface area contributed by atoms with E-state index in [-0.39, 0.29) is 0 Å². The van der Waals surface area contributed by atoms with Gasteiger partial charge < -0.3 is 4.74 Å². The predicted octanol–water partition coefficient (Wildman–Crippen LogP) is 3.81. The highest BCUT2D eigenvalue weighted by Gasteiger charge is 2.31. The summed E-state index contributed by atoms with van der Waals surface area (Å²) in [6.07, 6.45) is 7.88. The molecule has 1 saturated carbocycles. The van der Waals surface area contributed by atoms with Crippen molar-refractivity contribution in [3.8, 4) is 5.75 Å². The molecule has 0 amide bonds. The summed E-state index contributed by atoms with van der Waals surface area (Å²) in [7, 11) is 0. The molecule has 3 rings (SSSR count). The van der Waals surface area contributed by atoms with Crippen LogP contribution in [0, 0.1) is 11.8 Å². The fourth-order valence-electron chi connectivity index (χ4n) is 3.03. The Hall–Kier alpha value is -1.24. The van der Waals surface area contributed by atoms with Crippen molar-refractivity contribution in [1.29, 1.82) is 0 Å². The van der Waals surface area contributed by atoms with Crippen LogP contribution < -0.4 is 4.74 Å². The third-order valence-corrected chi connectivity index (χ3v) is 3.85. The molecule has 2 unspecified atom stereocenters. The van der Waals surface area contributed by atoms with Gasteiger partial charge in [-0.3, -0.25) is 0 Å². The van der Waals surface area contributed by atoms with Crippen molar-refractivity contribution in [3.63, 3.8) is 0 Å². The van der Waals surface area contributed by atoms with Gasteiger partial charge in [0, 0.05) is 6.42 Å². The van der Waals surface area contributed by atoms with Crippen LogP contribution in [0.25, 0.3) is 0 Å². The van der Waals surface area contributed by atoms with Gasteiger partial charge in [-0.1, -0.05) is 29.8 Å². The topological polar surface area (TPSA) is 9.23 Å². The fraction of sp³-hybridized carbons (Fsp3) is 0.467. The number of hydrogen-bond donors (Lipinski definition) is 0. The maximum absolute atomic E-state index is 5.73. The standard InChI is InChI=1S/C15H18O/c1-2-4-15(5-3-1)16-9-8-14-11-12-6-7-13(14)10-12/h1-5,11-13H,6-10H2. The van der Waals surface area contributed by atoms with Crippen LogP contribution in [0.15, 0.2) is 42.0 Å². The molecule has 1 aromatic rings. The molecule has 2 aliphatic carbocycles. The summed E-state index contributed by atoms with van der Waals surface area (Å²) in [5.41, 5.74) is 1.66. The SMILES string of the molecule is C1=C(CCOc2ccccc2)C2CCC1C2. The van der Waals surface area contributed by atoms with Crippen molar-refractivity contribution in [2.75, 3.05) is 6.61 Å². The second kappa shape index (κ2) is 4.32. The lowest BCUT2D eigenvalue weighted by Gasteiger charge is -2.13. The van der Waals surface area contributed by atoms with Crippen molar-refractivity contribution >= 4 is 0 Å². The summed E-state index contributed by atoms with van der Waals surface area (Å²) in [6.45, 7) is 0.832. The number of allylic oxidation sites excluding steroid dienone is 1. The smallest absolute Gasteiger partial charge is 0.119 e. The zero-order valence-electron chi connectivity index (χ0n) is 9.56. The molecule has 1 heteroatoms. The average Bonchev–Trinajstić information content (AvgIpc) is 2.92. The Morgan fingerprint density at radius 2 is 2.00 bits per heavy atom. The minimum absolute atomic E-state index is 0.832. The second-order valence-corrected chi connectivity index (χ2v) is 4.92. The van der Waals surface area contributed by atoms with Crippen LogP contribution in [0.3, 0.4) is 0 Å². The van der Waals surface area contributed by atoms with Gasteiger partial charge in [0.05, 0.1) is 6.61 Å². The van der Waals surface area contributed by atoms with Crippen LogP contribution >= 0.6 is 0 Å². The molecule has 2 atom stereocenters. The molecule has 0 N–H and O–H groups in total. The van der Waals surface area contributed by atoms with Crippen LogP contribution in [0.5, 0.6) is 5.75 Å². The lowest BCUT2D eigenvalue weighted by molar-refractivity contribution is 0.316. The molecule has 2 bridgehead atoms. The summed E-state index contributed by atoms with van der Waals surface area (Å²) in [5.74, 6) is 2.78. The molecular weight excluding hydrogens is 196 g/mol. The number of fused-ring (bicyclic) bond motifs is 2. The molecule has 0 radical (unpaired) electrons. The Kier molecular flexibility index (Phi) is 2.69. The third-order valence-electron chi connectivity index (χ3n) is 3.85. The third kappa shape index (κ3) is 1.99. The first-order chi connectivity index (χ1) is 7.92. The Labute approximate surface area is 97.1 Å². The van der Waals surface area contributed by atoms with Crippen LogP contribution in [-0.2, 0) is 0 Å². The molecule has 16 heavy (non-hydrogen) atoms. The molecular formula is C15H18O. The number of ether oxygens (including phenoxy) is 1. The van der Waals surface area contributed by atoms with Gasteiger partial charge in [-0.05, 0) is 43.2 Å². The highest BCUT2D eigenvalue weighted by molar-refractivity contribution is 5.22. The van der Waals surface area contributed by atoms with Gasteiger partial charge in [-0.25, -0.2) is 0 Å². The molecule has 1 aromatic carbocycles. The van der Waals surface area contributed by atoms with Crippen molar-refractivity contribution in [2.24, 2.45) is 11.8 Å². The highest BCUT2D eigenvalue weighted by atomic mass is 16.5. The first-order valence-electron chi connectivity index (χ1n) is 6.30. The Balaban J connectivity index is 1.49. The van der Waals surface area contributed by atoms with Crippen LogP contribution in [0.4, 0.5) is 0 Å². The molecule has 84 valence electrons. The first-order valence-corrected chi connectivity index (χ1v) is 6.30. The van der Waals surface area contributed by atoms with Gasteiger partial charge in [0.2, 0.25) is 0 Å². The van der Waals surface area contributed by atoms with Gasteiger partial charge in [0.1, 0.15) is 5.75 Å². The van der Waals surface area contributed by atoms with Gasteiger partial charge in [-0.2, -0.15) is 0 Å². The zero-order valence-corrected chi connectivity index (χ0v) is 9.56. The van der Waals surface area contributed by atoms with Crippen LogP contribution in [0.2, 0.25) is 0 Å². The van der Waals surface area contributed by atoms with Gasteiger partial charge in [0.15, 0.2) is 0 Å². The minimum atomic E-state index is 0.832. The van der Waals surface area contributed by atoms with E-state index in [4.69, 9.17) is 4.74 Å². The minimum Gasteiger partial charge on any atom is -0.493 e. The molecule has 0 heterocycles. The number of para-hydroxylation sites is 1. The number of rotatable bonds is 4. The lowest BCUT2D eigenvalue weighted by atomic mass is 9.96. The molecule has 0 saturated heterocycles. The van der Waals surface area contributed by atoms with E-state index < -0.39 is 0 Å². The number of hydrogen-bond acceptors (Lipinski definition) is 1. The van der Waals surface area contributed by atoms with E-state index >= 15 is 0 Å². The molecule has 2 aliphatic rings. The normalized spacial score (nSPS) is 26.9. The summed E-state index contributed by atoms with van der Waals surface area (Å²) in [4.78, 5) is 0. The van der Waals surface area contributed by atoms with E-state index in [1.165, 1.54) is 19.3 Å². The molecule has 0 spiro atoms. The zero-order chi connectivity index (χ0) is 10.8. The molecule has 1 nitrogen and oxygen atoms in total. The van der Waals surface area contributed by atoms with E-state index in [9.17, 15) is 0 Å². The van der Waals surface area contributed by atoms with E-state index in [0.717, 1.165) is 30.6 Å². The fourth-order valence-corrected chi connectivity index (χ4v) is 3.03. The maximum Gasteiger partial charge on any atom is 0.119 e. The van der Waals surface area contributed by atoms with Gasteiger partial charge >= 0.3 is 0 Å². The Morgan fingerprint density at radius 1 is 1.12 bits per heavy atom. The van der Waals surface area contributed by atoms with E-state index in [1.807, 2.05) is 30.3 Å². The second-order valence-electron chi connectivity index (χ2n) is 4.92. The summed E-state index contributed by atoms with van der Waals surface area (Å²) < 4.78 is 5.73. The van der Waals surface area contributed by atoms with Gasteiger partial charge in [-0.15, -0.1) is 0 Å². The van der Waals surface area contributed by atoms with Crippen LogP contribution in [-0.4, -0.2) is 6.61 Å². The summed E-state index contributed by atoms with van der Waals surface area (Å²) in [6, 6.07) is 10.1. The highest BCUT2D eigenvalue weighted by Crippen LogP contribution is 2.44. The average molecular weight is 214 g/mol. The van der Waals surface area contributed by atoms with Crippen molar-refractivity contribution in [3.05, 3.63) is 42.0 Å². The summed E-state index contributed by atoms with van der Waals surface area (Å²) >= 11 is 0. The Bertz CT molecular complexity index is 380. The quantitative estimate of drug-likeness (QED) is 0.692. The Morgan fingerprint density at radius 3 is 2.69 bits per heavy atom. The van der Waals surface area contributed by atoms with Crippen LogP contribution in [0.1, 0.15) is 25.7 Å². The monoisotopic (exact) mass is 214 g/mol. The predicted molar refractivity (Wildman–Crippen MR) is 65.5 cm³/mol. The van der Waals surface area contributed by atoms with Crippen molar-refractivity contribution < 1.29 is 4.74 Å². The first kappa shape index (κ1) is 9.95. The molecule has 0 aromatic heterocycles. The van der Waals surface area contributed by atoms with E-state index in [0.29, 0.717) is 0 Å². The number of benzene rings is 1. The van der Waals surface area contributed by atoms with Crippen molar-refractivity contribution in [2.45, 2.75) is 25.7 Å². The molecule has 0 aliphatic heterocycles. The van der Waals surface area contributed by atoms with Crippen molar-refractivity contribution in [1.82, 2.24) is 0 Å². The lowest BCUT2D eigenvalue weighted by Crippen LogP contribution is -2.04. The summed E-state index contributed by atoms with van der Waals surface area (Å²) in [5, 5.41) is 0. The van der Waals surface area contributed by atoms with E-state index in [1.54, 1.807) is 5.57 Å². The van der Waals surface area contributed by atoms with E-state index in [2.05, 4.69) is 6.08 Å².